The summed E-state index contributed by atoms with van der Waals surface area (Å²) in [5, 5.41) is 3.30. The number of halogens is 1. The van der Waals surface area contributed by atoms with Gasteiger partial charge in [-0.25, -0.2) is 8.42 Å². The third kappa shape index (κ3) is 6.35. The molecule has 0 radical (unpaired) electrons. The van der Waals surface area contributed by atoms with Crippen LogP contribution in [0.1, 0.15) is 26.2 Å². The van der Waals surface area contributed by atoms with Gasteiger partial charge in [-0.1, -0.05) is 24.9 Å². The summed E-state index contributed by atoms with van der Waals surface area (Å²) >= 11 is 5.80. The third-order valence-corrected chi connectivity index (χ3v) is 4.36. The molecule has 1 aromatic rings. The first-order valence-electron chi connectivity index (χ1n) is 6.84. The molecule has 7 heteroatoms. The minimum atomic E-state index is -3.44. The second kappa shape index (κ2) is 8.24. The van der Waals surface area contributed by atoms with Gasteiger partial charge < -0.3 is 5.32 Å². The summed E-state index contributed by atoms with van der Waals surface area (Å²) in [6, 6.07) is 6.49. The van der Waals surface area contributed by atoms with Crippen molar-refractivity contribution in [1.82, 2.24) is 5.32 Å². The van der Waals surface area contributed by atoms with Crippen LogP contribution in [0.25, 0.3) is 0 Å². The predicted octanol–water partition coefficient (Wildman–Crippen LogP) is 2.41. The molecule has 1 rings (SSSR count). The van der Waals surface area contributed by atoms with Gasteiger partial charge in [-0.15, -0.1) is 0 Å². The smallest absolute Gasteiger partial charge is 0.232 e. The first-order chi connectivity index (χ1) is 9.84. The monoisotopic (exact) mass is 332 g/mol. The zero-order chi connectivity index (χ0) is 15.9. The molecule has 0 aliphatic rings. The highest BCUT2D eigenvalue weighted by Gasteiger charge is 2.18. The van der Waals surface area contributed by atoms with E-state index in [-0.39, 0.29) is 18.9 Å². The molecule has 0 aliphatic heterocycles. The van der Waals surface area contributed by atoms with Crippen LogP contribution in [-0.4, -0.2) is 33.7 Å². The van der Waals surface area contributed by atoms with E-state index in [2.05, 4.69) is 5.32 Å². The van der Waals surface area contributed by atoms with Crippen molar-refractivity contribution in [3.05, 3.63) is 29.3 Å². The molecule has 1 N–H and O–H groups in total. The van der Waals surface area contributed by atoms with Crippen molar-refractivity contribution in [2.75, 3.05) is 23.7 Å². The van der Waals surface area contributed by atoms with E-state index in [1.54, 1.807) is 24.3 Å². The third-order valence-electron chi connectivity index (χ3n) is 2.91. The molecule has 21 heavy (non-hydrogen) atoms. The number of nitrogens with one attached hydrogen (secondary N) is 1. The number of hydrogen-bond donors (Lipinski definition) is 1. The van der Waals surface area contributed by atoms with Crippen molar-refractivity contribution in [3.8, 4) is 0 Å². The highest BCUT2D eigenvalue weighted by Crippen LogP contribution is 2.20. The van der Waals surface area contributed by atoms with Crippen LogP contribution in [-0.2, 0) is 14.8 Å². The minimum Gasteiger partial charge on any atom is -0.356 e. The molecule has 0 heterocycles. The number of anilines is 1. The topological polar surface area (TPSA) is 66.5 Å². The maximum absolute atomic E-state index is 11.9. The lowest BCUT2D eigenvalue weighted by Crippen LogP contribution is -2.34. The lowest BCUT2D eigenvalue weighted by molar-refractivity contribution is -0.120. The van der Waals surface area contributed by atoms with Crippen LogP contribution in [0.4, 0.5) is 5.69 Å². The Balaban J connectivity index is 2.68. The summed E-state index contributed by atoms with van der Waals surface area (Å²) in [4.78, 5) is 11.7. The minimum absolute atomic E-state index is 0.110. The standard InChI is InChI=1S/C14H21ClN2O3S/c1-3-4-10-16-14(18)9-11-17(21(2,19)20)13-7-5-12(15)6-8-13/h5-8H,3-4,9-11H2,1-2H3,(H,16,18). The second-order valence-electron chi connectivity index (χ2n) is 4.77. The van der Waals surface area contributed by atoms with Gasteiger partial charge >= 0.3 is 0 Å². The van der Waals surface area contributed by atoms with Crippen LogP contribution in [0, 0.1) is 0 Å². The van der Waals surface area contributed by atoms with E-state index in [0.29, 0.717) is 17.3 Å². The van der Waals surface area contributed by atoms with Crippen LogP contribution in [0.2, 0.25) is 5.02 Å². The summed E-state index contributed by atoms with van der Waals surface area (Å²) in [5.41, 5.74) is 0.503. The highest BCUT2D eigenvalue weighted by atomic mass is 35.5. The van der Waals surface area contributed by atoms with Gasteiger partial charge in [0, 0.05) is 24.5 Å². The molecule has 0 saturated carbocycles. The Bertz CT molecular complexity index is 558. The van der Waals surface area contributed by atoms with Crippen molar-refractivity contribution >= 4 is 33.2 Å². The number of carbonyl (C=O) groups is 1. The summed E-state index contributed by atoms with van der Waals surface area (Å²) in [5.74, 6) is -0.147. The average Bonchev–Trinajstić information content (AvgIpc) is 2.40. The molecular weight excluding hydrogens is 312 g/mol. The Hall–Kier alpha value is -1.27. The Labute approximate surface area is 131 Å². The molecule has 5 nitrogen and oxygen atoms in total. The largest absolute Gasteiger partial charge is 0.356 e. The molecule has 1 amide bonds. The number of benzene rings is 1. The predicted molar refractivity (Wildman–Crippen MR) is 86.2 cm³/mol. The first-order valence-corrected chi connectivity index (χ1v) is 9.07. The summed E-state index contributed by atoms with van der Waals surface area (Å²) < 4.78 is 24.9. The Morgan fingerprint density at radius 2 is 1.90 bits per heavy atom. The average molecular weight is 333 g/mol. The fourth-order valence-electron chi connectivity index (χ4n) is 1.79. The maximum atomic E-state index is 11.9. The lowest BCUT2D eigenvalue weighted by atomic mass is 10.3. The van der Waals surface area contributed by atoms with Crippen molar-refractivity contribution in [1.29, 1.82) is 0 Å². The first kappa shape index (κ1) is 17.8. The number of rotatable bonds is 8. The molecule has 0 atom stereocenters. The fraction of sp³-hybridized carbons (Fsp3) is 0.500. The zero-order valence-electron chi connectivity index (χ0n) is 12.3. The van der Waals surface area contributed by atoms with E-state index in [0.717, 1.165) is 19.1 Å². The zero-order valence-corrected chi connectivity index (χ0v) is 13.9. The van der Waals surface area contributed by atoms with Crippen LogP contribution < -0.4 is 9.62 Å². The second-order valence-corrected chi connectivity index (χ2v) is 7.11. The van der Waals surface area contributed by atoms with E-state index in [9.17, 15) is 13.2 Å². The molecule has 0 aromatic heterocycles. The van der Waals surface area contributed by atoms with Crippen molar-refractivity contribution in [2.45, 2.75) is 26.2 Å². The molecule has 0 unspecified atom stereocenters. The van der Waals surface area contributed by atoms with E-state index in [1.165, 1.54) is 4.31 Å². The van der Waals surface area contributed by atoms with E-state index < -0.39 is 10.0 Å². The number of hydrogen-bond acceptors (Lipinski definition) is 3. The quantitative estimate of drug-likeness (QED) is 0.743. The normalized spacial score (nSPS) is 11.2. The number of unbranched alkanes of at least 4 members (excludes halogenated alkanes) is 1. The molecule has 118 valence electrons. The maximum Gasteiger partial charge on any atom is 0.232 e. The van der Waals surface area contributed by atoms with Gasteiger partial charge in [-0.2, -0.15) is 0 Å². The van der Waals surface area contributed by atoms with Crippen LogP contribution in [0.5, 0.6) is 0 Å². The van der Waals surface area contributed by atoms with Gasteiger partial charge in [-0.05, 0) is 30.7 Å². The van der Waals surface area contributed by atoms with E-state index >= 15 is 0 Å². The molecule has 0 bridgehead atoms. The molecule has 0 aliphatic carbocycles. The number of carbonyl (C=O) groups excluding carboxylic acids is 1. The number of sulfonamides is 1. The molecule has 0 spiro atoms. The van der Waals surface area contributed by atoms with Crippen LogP contribution in [0.3, 0.4) is 0 Å². The van der Waals surface area contributed by atoms with Gasteiger partial charge in [0.1, 0.15) is 0 Å². The SMILES string of the molecule is CCCCNC(=O)CCN(c1ccc(Cl)cc1)S(C)(=O)=O. The van der Waals surface area contributed by atoms with Gasteiger partial charge in [0.25, 0.3) is 0 Å². The Morgan fingerprint density at radius 1 is 1.29 bits per heavy atom. The van der Waals surface area contributed by atoms with Gasteiger partial charge in [0.2, 0.25) is 15.9 Å². The summed E-state index contributed by atoms with van der Waals surface area (Å²) in [6.45, 7) is 2.77. The molecule has 1 aromatic carbocycles. The van der Waals surface area contributed by atoms with Crippen molar-refractivity contribution in [3.63, 3.8) is 0 Å². The summed E-state index contributed by atoms with van der Waals surface area (Å²) in [6.07, 6.45) is 3.16. The fourth-order valence-corrected chi connectivity index (χ4v) is 2.84. The van der Waals surface area contributed by atoms with Crippen LogP contribution in [0.15, 0.2) is 24.3 Å². The van der Waals surface area contributed by atoms with Crippen molar-refractivity contribution in [2.24, 2.45) is 0 Å². The lowest BCUT2D eigenvalue weighted by Gasteiger charge is -2.22. The van der Waals surface area contributed by atoms with Gasteiger partial charge in [0.05, 0.1) is 11.9 Å². The summed E-state index contributed by atoms with van der Waals surface area (Å²) in [7, 11) is -3.44. The molecule has 0 fully saturated rings. The number of amides is 1. The van der Waals surface area contributed by atoms with Crippen molar-refractivity contribution < 1.29 is 13.2 Å². The van der Waals surface area contributed by atoms with E-state index in [1.807, 2.05) is 6.92 Å². The number of nitrogens with zero attached hydrogens (tertiary/aromatic N) is 1. The Morgan fingerprint density at radius 3 is 2.43 bits per heavy atom. The molecule has 0 saturated heterocycles. The van der Waals surface area contributed by atoms with E-state index in [4.69, 9.17) is 11.6 Å². The Kier molecular flexibility index (Phi) is 6.98. The van der Waals surface area contributed by atoms with Crippen LogP contribution >= 0.6 is 11.6 Å². The molecular formula is C14H21ClN2O3S. The highest BCUT2D eigenvalue weighted by molar-refractivity contribution is 7.92. The van der Waals surface area contributed by atoms with Gasteiger partial charge in [-0.3, -0.25) is 9.10 Å². The van der Waals surface area contributed by atoms with Gasteiger partial charge in [0.15, 0.2) is 0 Å².